The second kappa shape index (κ2) is 8.81. The van der Waals surface area contributed by atoms with Crippen molar-refractivity contribution >= 4 is 44.9 Å². The highest BCUT2D eigenvalue weighted by molar-refractivity contribution is 6.96. The van der Waals surface area contributed by atoms with E-state index >= 15 is 0 Å². The van der Waals surface area contributed by atoms with Gasteiger partial charge in [0.15, 0.2) is 0 Å². The van der Waals surface area contributed by atoms with Crippen LogP contribution in [0.4, 0.5) is 0 Å². The first-order valence-electron chi connectivity index (χ1n) is 13.4. The van der Waals surface area contributed by atoms with Crippen LogP contribution in [0.1, 0.15) is 11.1 Å². The molecule has 0 saturated heterocycles. The molecular weight excluding hydrogens is 473 g/mol. The molecule has 0 spiro atoms. The molecule has 0 atom stereocenters. The van der Waals surface area contributed by atoms with Gasteiger partial charge >= 0.3 is 0 Å². The largest absolute Gasteiger partial charge is 0.294 e. The highest BCUT2D eigenvalue weighted by atomic mass is 15.1. The minimum atomic E-state index is 0.133. The Bertz CT molecular complexity index is 1990. The fourth-order valence-corrected chi connectivity index (χ4v) is 6.33. The Morgan fingerprint density at radius 2 is 1.33 bits per heavy atom. The molecule has 0 aliphatic carbocycles. The molecule has 0 bridgehead atoms. The van der Waals surface area contributed by atoms with Gasteiger partial charge in [-0.2, -0.15) is 0 Å². The third kappa shape index (κ3) is 3.53. The Morgan fingerprint density at radius 3 is 2.21 bits per heavy atom. The van der Waals surface area contributed by atoms with Crippen molar-refractivity contribution in [3.8, 4) is 17.1 Å². The van der Waals surface area contributed by atoms with Gasteiger partial charge in [-0.1, -0.05) is 101 Å². The summed E-state index contributed by atoms with van der Waals surface area (Å²) in [5, 5.41) is 2.48. The summed E-state index contributed by atoms with van der Waals surface area (Å²) in [6, 6.07) is 43.6. The monoisotopic (exact) mass is 497 g/mol. The van der Waals surface area contributed by atoms with Crippen molar-refractivity contribution in [1.29, 1.82) is 0 Å². The maximum Gasteiger partial charge on any atom is 0.242 e. The number of rotatable bonds is 3. The van der Waals surface area contributed by atoms with Gasteiger partial charge in [0.25, 0.3) is 0 Å². The van der Waals surface area contributed by atoms with E-state index < -0.39 is 0 Å². The normalized spacial score (nSPS) is 12.5. The zero-order chi connectivity index (χ0) is 25.8. The molecule has 0 unspecified atom stereocenters. The van der Waals surface area contributed by atoms with Gasteiger partial charge in [-0.25, -0.2) is 4.98 Å². The van der Waals surface area contributed by atoms with Crippen molar-refractivity contribution in [3.05, 3.63) is 145 Å². The molecule has 0 N–H and O–H groups in total. The molecule has 0 radical (unpaired) electrons. The van der Waals surface area contributed by atoms with Gasteiger partial charge in [-0.3, -0.25) is 9.55 Å². The fraction of sp³-hybridized carbons (Fsp3) is 0.0286. The average molecular weight is 497 g/mol. The lowest BCUT2D eigenvalue weighted by Crippen LogP contribution is -2.56. The maximum absolute atomic E-state index is 4.74. The van der Waals surface area contributed by atoms with Gasteiger partial charge in [0, 0.05) is 23.2 Å². The minimum absolute atomic E-state index is 0.133. The van der Waals surface area contributed by atoms with E-state index in [1.807, 2.05) is 24.5 Å². The predicted molar refractivity (Wildman–Crippen MR) is 162 cm³/mol. The summed E-state index contributed by atoms with van der Waals surface area (Å²) < 4.78 is 2.30. The van der Waals surface area contributed by atoms with Gasteiger partial charge in [-0.05, 0) is 59.5 Å². The molecule has 4 aromatic carbocycles. The second-order valence-corrected chi connectivity index (χ2v) is 10.3. The highest BCUT2D eigenvalue weighted by Gasteiger charge is 2.31. The molecular formula is C35H24BN3. The van der Waals surface area contributed by atoms with E-state index in [1.54, 1.807) is 0 Å². The van der Waals surface area contributed by atoms with E-state index in [-0.39, 0.29) is 6.71 Å². The van der Waals surface area contributed by atoms with Crippen molar-refractivity contribution < 1.29 is 0 Å². The Labute approximate surface area is 227 Å². The highest BCUT2D eigenvalue weighted by Crippen LogP contribution is 2.31. The molecule has 182 valence electrons. The lowest BCUT2D eigenvalue weighted by atomic mass is 9.33. The summed E-state index contributed by atoms with van der Waals surface area (Å²) in [7, 11) is 0. The number of aromatic nitrogens is 3. The first kappa shape index (κ1) is 22.1. The van der Waals surface area contributed by atoms with Crippen LogP contribution in [0.5, 0.6) is 0 Å². The Hall–Kier alpha value is -4.96. The average Bonchev–Trinajstić information content (AvgIpc) is 3.34. The topological polar surface area (TPSA) is 30.7 Å². The summed E-state index contributed by atoms with van der Waals surface area (Å²) in [5.41, 5.74) is 11.3. The van der Waals surface area contributed by atoms with Gasteiger partial charge in [0.1, 0.15) is 5.82 Å². The number of pyridine rings is 2. The van der Waals surface area contributed by atoms with Crippen molar-refractivity contribution in [1.82, 2.24) is 14.5 Å². The first-order valence-corrected chi connectivity index (χ1v) is 13.4. The van der Waals surface area contributed by atoms with E-state index in [4.69, 9.17) is 4.98 Å². The smallest absolute Gasteiger partial charge is 0.242 e. The molecule has 4 heteroatoms. The zero-order valence-corrected chi connectivity index (χ0v) is 21.3. The van der Waals surface area contributed by atoms with Crippen LogP contribution in [0.2, 0.25) is 0 Å². The summed E-state index contributed by atoms with van der Waals surface area (Å²) in [5.74, 6) is 0.933. The number of benzene rings is 4. The second-order valence-electron chi connectivity index (χ2n) is 10.3. The number of hydrogen-bond acceptors (Lipinski definition) is 2. The quantitative estimate of drug-likeness (QED) is 0.295. The number of para-hydroxylation sites is 1. The van der Waals surface area contributed by atoms with Gasteiger partial charge in [0.2, 0.25) is 6.71 Å². The van der Waals surface area contributed by atoms with E-state index in [9.17, 15) is 0 Å². The standard InChI is InChI=1S/C35H24BN3/c1-3-11-30-24(9-1)21-25-15-16-26(32-12-5-7-19-37-32)22-31(25)36(30)27-17-18-29-28-10-2-4-13-33(28)39(34(29)23-27)35-14-6-8-20-38-35/h1-20,22-23H,21H2. The third-order valence-electron chi connectivity index (χ3n) is 8.07. The summed E-state index contributed by atoms with van der Waals surface area (Å²) in [6.07, 6.45) is 4.68. The molecule has 4 heterocycles. The van der Waals surface area contributed by atoms with Crippen LogP contribution in [0, 0.1) is 0 Å². The summed E-state index contributed by atoms with van der Waals surface area (Å²) in [6.45, 7) is 0.133. The predicted octanol–water partition coefficient (Wildman–Crippen LogP) is 5.66. The zero-order valence-electron chi connectivity index (χ0n) is 21.3. The maximum atomic E-state index is 4.74. The molecule has 1 aliphatic heterocycles. The molecule has 39 heavy (non-hydrogen) atoms. The van der Waals surface area contributed by atoms with Gasteiger partial charge in [-0.15, -0.1) is 0 Å². The number of nitrogens with zero attached hydrogens (tertiary/aromatic N) is 3. The molecule has 0 amide bonds. The SMILES string of the molecule is c1ccc(-c2ccc3c(c2)B(c2ccc4c5ccccc5n(-c5ccccn5)c4c2)c2ccccc2C3)nc1. The number of hydrogen-bond donors (Lipinski definition) is 0. The molecule has 1 aliphatic rings. The van der Waals surface area contributed by atoms with Gasteiger partial charge in [0.05, 0.1) is 16.7 Å². The van der Waals surface area contributed by atoms with Crippen LogP contribution < -0.4 is 16.4 Å². The number of fused-ring (bicyclic) bond motifs is 5. The van der Waals surface area contributed by atoms with E-state index in [0.29, 0.717) is 0 Å². The third-order valence-corrected chi connectivity index (χ3v) is 8.07. The van der Waals surface area contributed by atoms with Crippen molar-refractivity contribution in [2.24, 2.45) is 0 Å². The van der Waals surface area contributed by atoms with Crippen LogP contribution in [0.15, 0.2) is 134 Å². The van der Waals surface area contributed by atoms with Crippen LogP contribution in [0.3, 0.4) is 0 Å². The molecule has 0 fully saturated rings. The minimum Gasteiger partial charge on any atom is -0.294 e. The lowest BCUT2D eigenvalue weighted by Gasteiger charge is -2.27. The van der Waals surface area contributed by atoms with Crippen molar-refractivity contribution in [3.63, 3.8) is 0 Å². The lowest BCUT2D eigenvalue weighted by molar-refractivity contribution is 1.08. The van der Waals surface area contributed by atoms with Gasteiger partial charge < -0.3 is 0 Å². The Balaban J connectivity index is 1.39. The molecule has 0 saturated carbocycles. The fourth-order valence-electron chi connectivity index (χ4n) is 6.33. The van der Waals surface area contributed by atoms with E-state index in [2.05, 4.69) is 119 Å². The first-order chi connectivity index (χ1) is 19.3. The van der Waals surface area contributed by atoms with Crippen molar-refractivity contribution in [2.75, 3.05) is 0 Å². The Morgan fingerprint density at radius 1 is 0.564 bits per heavy atom. The molecule has 8 rings (SSSR count). The van der Waals surface area contributed by atoms with Crippen LogP contribution in [-0.2, 0) is 6.42 Å². The summed E-state index contributed by atoms with van der Waals surface area (Å²) >= 11 is 0. The Kier molecular flexibility index (Phi) is 4.99. The van der Waals surface area contributed by atoms with E-state index in [0.717, 1.165) is 23.5 Å². The van der Waals surface area contributed by atoms with Crippen LogP contribution in [0.25, 0.3) is 38.9 Å². The van der Waals surface area contributed by atoms with Crippen molar-refractivity contribution in [2.45, 2.75) is 6.42 Å². The van der Waals surface area contributed by atoms with E-state index in [1.165, 1.54) is 49.3 Å². The molecule has 7 aromatic rings. The van der Waals surface area contributed by atoms with Crippen LogP contribution >= 0.6 is 0 Å². The van der Waals surface area contributed by atoms with Crippen LogP contribution in [-0.4, -0.2) is 21.2 Å². The molecule has 3 nitrogen and oxygen atoms in total. The molecule has 3 aromatic heterocycles. The summed E-state index contributed by atoms with van der Waals surface area (Å²) in [4.78, 5) is 9.38.